The Morgan fingerprint density at radius 1 is 1.60 bits per heavy atom. The number of nitrogens with zero attached hydrogens (tertiary/aromatic N) is 2. The van der Waals surface area contributed by atoms with Crippen LogP contribution >= 0.6 is 0 Å². The van der Waals surface area contributed by atoms with E-state index in [1.807, 2.05) is 13.0 Å². The fraction of sp³-hybridized carbons (Fsp3) is 0.455. The molecule has 1 unspecified atom stereocenters. The molecular weight excluding hydrogens is 190 g/mol. The normalized spacial score (nSPS) is 11.9. The van der Waals surface area contributed by atoms with Gasteiger partial charge in [0.05, 0.1) is 12.7 Å². The first-order valence-corrected chi connectivity index (χ1v) is 4.92. The molecule has 1 aromatic rings. The molecule has 1 heterocycles. The standard InChI is InChI=1S/C11H17N3O/c1-5-6-8(2)14-10-9(3)11(15-4)13-7-12-10/h5,7-8H,1,6H2,2-4H3,(H,12,13,14). The molecule has 0 bridgehead atoms. The predicted molar refractivity (Wildman–Crippen MR) is 61.2 cm³/mol. The van der Waals surface area contributed by atoms with Gasteiger partial charge in [0.25, 0.3) is 0 Å². The van der Waals surface area contributed by atoms with Crippen molar-refractivity contribution in [1.82, 2.24) is 9.97 Å². The SMILES string of the molecule is C=CCC(C)Nc1ncnc(OC)c1C. The Morgan fingerprint density at radius 2 is 2.33 bits per heavy atom. The lowest BCUT2D eigenvalue weighted by molar-refractivity contribution is 0.393. The highest BCUT2D eigenvalue weighted by Gasteiger charge is 2.08. The third kappa shape index (κ3) is 2.94. The second-order valence-corrected chi connectivity index (χ2v) is 3.43. The number of nitrogens with one attached hydrogen (secondary N) is 1. The fourth-order valence-electron chi connectivity index (χ4n) is 1.33. The Kier molecular flexibility index (Phi) is 4.09. The van der Waals surface area contributed by atoms with Gasteiger partial charge in [0.2, 0.25) is 5.88 Å². The van der Waals surface area contributed by atoms with Crippen molar-refractivity contribution in [2.24, 2.45) is 0 Å². The summed E-state index contributed by atoms with van der Waals surface area (Å²) < 4.78 is 5.12. The van der Waals surface area contributed by atoms with Gasteiger partial charge in [-0.05, 0) is 20.3 Å². The van der Waals surface area contributed by atoms with E-state index in [0.717, 1.165) is 17.8 Å². The first-order valence-electron chi connectivity index (χ1n) is 4.92. The van der Waals surface area contributed by atoms with Gasteiger partial charge in [-0.1, -0.05) is 6.08 Å². The van der Waals surface area contributed by atoms with Gasteiger partial charge in [-0.2, -0.15) is 0 Å². The van der Waals surface area contributed by atoms with E-state index in [4.69, 9.17) is 4.74 Å². The van der Waals surface area contributed by atoms with Gasteiger partial charge in [-0.25, -0.2) is 9.97 Å². The first kappa shape index (κ1) is 11.5. The van der Waals surface area contributed by atoms with Crippen LogP contribution in [0.15, 0.2) is 19.0 Å². The van der Waals surface area contributed by atoms with E-state index in [2.05, 4.69) is 28.8 Å². The quantitative estimate of drug-likeness (QED) is 0.752. The molecular formula is C11H17N3O. The molecule has 82 valence electrons. The van der Waals surface area contributed by atoms with Crippen LogP contribution in [0.4, 0.5) is 5.82 Å². The maximum absolute atomic E-state index is 5.12. The zero-order valence-electron chi connectivity index (χ0n) is 9.45. The Balaban J connectivity index is 2.80. The van der Waals surface area contributed by atoms with Crippen LogP contribution in [0.1, 0.15) is 18.9 Å². The summed E-state index contributed by atoms with van der Waals surface area (Å²) in [5.41, 5.74) is 0.927. The number of methoxy groups -OCH3 is 1. The van der Waals surface area contributed by atoms with Crippen molar-refractivity contribution in [2.75, 3.05) is 12.4 Å². The Labute approximate surface area is 90.4 Å². The fourth-order valence-corrected chi connectivity index (χ4v) is 1.33. The number of hydrogen-bond donors (Lipinski definition) is 1. The number of aromatic nitrogens is 2. The van der Waals surface area contributed by atoms with Gasteiger partial charge >= 0.3 is 0 Å². The van der Waals surface area contributed by atoms with Crippen LogP contribution in [0, 0.1) is 6.92 Å². The van der Waals surface area contributed by atoms with Crippen LogP contribution in [0.5, 0.6) is 5.88 Å². The Hall–Kier alpha value is -1.58. The van der Waals surface area contributed by atoms with E-state index in [0.29, 0.717) is 11.9 Å². The molecule has 0 saturated heterocycles. The maximum Gasteiger partial charge on any atom is 0.221 e. The van der Waals surface area contributed by atoms with Gasteiger partial charge in [-0.3, -0.25) is 0 Å². The van der Waals surface area contributed by atoms with E-state index < -0.39 is 0 Å². The maximum atomic E-state index is 5.12. The van der Waals surface area contributed by atoms with Crippen molar-refractivity contribution >= 4 is 5.82 Å². The smallest absolute Gasteiger partial charge is 0.221 e. The summed E-state index contributed by atoms with van der Waals surface area (Å²) in [6.07, 6.45) is 4.27. The summed E-state index contributed by atoms with van der Waals surface area (Å²) in [5.74, 6) is 1.43. The molecule has 0 radical (unpaired) electrons. The molecule has 0 aliphatic rings. The van der Waals surface area contributed by atoms with Crippen LogP contribution in [0.3, 0.4) is 0 Å². The molecule has 1 N–H and O–H groups in total. The molecule has 15 heavy (non-hydrogen) atoms. The third-order valence-electron chi connectivity index (χ3n) is 2.13. The molecule has 0 aliphatic heterocycles. The number of rotatable bonds is 5. The summed E-state index contributed by atoms with van der Waals surface area (Å²) in [4.78, 5) is 8.19. The second-order valence-electron chi connectivity index (χ2n) is 3.43. The number of hydrogen-bond acceptors (Lipinski definition) is 4. The van der Waals surface area contributed by atoms with Crippen molar-refractivity contribution in [2.45, 2.75) is 26.3 Å². The summed E-state index contributed by atoms with van der Waals surface area (Å²) in [5, 5.41) is 3.28. The van der Waals surface area contributed by atoms with Crippen LogP contribution in [-0.4, -0.2) is 23.1 Å². The van der Waals surface area contributed by atoms with Gasteiger partial charge in [-0.15, -0.1) is 6.58 Å². The van der Waals surface area contributed by atoms with Crippen LogP contribution < -0.4 is 10.1 Å². The number of ether oxygens (including phenoxy) is 1. The van der Waals surface area contributed by atoms with E-state index in [9.17, 15) is 0 Å². The van der Waals surface area contributed by atoms with Gasteiger partial charge in [0.15, 0.2) is 0 Å². The zero-order valence-corrected chi connectivity index (χ0v) is 9.45. The van der Waals surface area contributed by atoms with Crippen molar-refractivity contribution in [3.05, 3.63) is 24.5 Å². The average Bonchev–Trinajstić information content (AvgIpc) is 2.21. The molecule has 4 nitrogen and oxygen atoms in total. The minimum Gasteiger partial charge on any atom is -0.481 e. The summed E-state index contributed by atoms with van der Waals surface area (Å²) in [6.45, 7) is 7.71. The minimum atomic E-state index is 0.306. The van der Waals surface area contributed by atoms with E-state index in [1.54, 1.807) is 7.11 Å². The summed E-state index contributed by atoms with van der Waals surface area (Å²) in [7, 11) is 1.60. The van der Waals surface area contributed by atoms with Crippen molar-refractivity contribution in [3.63, 3.8) is 0 Å². The van der Waals surface area contributed by atoms with Crippen molar-refractivity contribution < 1.29 is 4.74 Å². The summed E-state index contributed by atoms with van der Waals surface area (Å²) >= 11 is 0. The first-order chi connectivity index (χ1) is 7.19. The second kappa shape index (κ2) is 5.34. The van der Waals surface area contributed by atoms with Crippen LogP contribution in [-0.2, 0) is 0 Å². The Morgan fingerprint density at radius 3 is 2.93 bits per heavy atom. The van der Waals surface area contributed by atoms with E-state index >= 15 is 0 Å². The third-order valence-corrected chi connectivity index (χ3v) is 2.13. The highest BCUT2D eigenvalue weighted by molar-refractivity contribution is 5.48. The summed E-state index contributed by atoms with van der Waals surface area (Å²) in [6, 6.07) is 0.306. The molecule has 1 atom stereocenters. The van der Waals surface area contributed by atoms with Gasteiger partial charge in [0, 0.05) is 6.04 Å². The van der Waals surface area contributed by atoms with E-state index in [1.165, 1.54) is 6.33 Å². The topological polar surface area (TPSA) is 47.0 Å². The molecule has 1 aromatic heterocycles. The molecule has 0 amide bonds. The number of anilines is 1. The average molecular weight is 207 g/mol. The highest BCUT2D eigenvalue weighted by atomic mass is 16.5. The van der Waals surface area contributed by atoms with Gasteiger partial charge < -0.3 is 10.1 Å². The zero-order chi connectivity index (χ0) is 11.3. The lowest BCUT2D eigenvalue weighted by Crippen LogP contribution is -2.16. The molecule has 0 aromatic carbocycles. The molecule has 0 aliphatic carbocycles. The van der Waals surface area contributed by atoms with Crippen molar-refractivity contribution in [1.29, 1.82) is 0 Å². The predicted octanol–water partition coefficient (Wildman–Crippen LogP) is 2.17. The lowest BCUT2D eigenvalue weighted by Gasteiger charge is -2.15. The van der Waals surface area contributed by atoms with Crippen LogP contribution in [0.25, 0.3) is 0 Å². The lowest BCUT2D eigenvalue weighted by atomic mass is 10.2. The van der Waals surface area contributed by atoms with Crippen molar-refractivity contribution in [3.8, 4) is 5.88 Å². The highest BCUT2D eigenvalue weighted by Crippen LogP contribution is 2.20. The molecule has 1 rings (SSSR count). The Bertz CT molecular complexity index is 339. The van der Waals surface area contributed by atoms with Crippen LogP contribution in [0.2, 0.25) is 0 Å². The van der Waals surface area contributed by atoms with E-state index in [-0.39, 0.29) is 0 Å². The molecule has 0 saturated carbocycles. The minimum absolute atomic E-state index is 0.306. The monoisotopic (exact) mass is 207 g/mol. The van der Waals surface area contributed by atoms with Gasteiger partial charge in [0.1, 0.15) is 12.1 Å². The largest absolute Gasteiger partial charge is 0.481 e. The molecule has 4 heteroatoms. The molecule has 0 spiro atoms. The molecule has 0 fully saturated rings.